The van der Waals surface area contributed by atoms with Crippen LogP contribution in [0.4, 0.5) is 0 Å². The minimum Gasteiger partial charge on any atom is -0.481 e. The molecule has 6 nitrogen and oxygen atoms in total. The Morgan fingerprint density at radius 2 is 1.81 bits per heavy atom. The number of nitrogens with one attached hydrogen (secondary N) is 1. The first kappa shape index (κ1) is 14.9. The third-order valence-corrected chi connectivity index (χ3v) is 1.71. The Morgan fingerprint density at radius 3 is 2.44 bits per heavy atom. The van der Waals surface area contributed by atoms with E-state index in [2.05, 4.69) is 5.32 Å². The van der Waals surface area contributed by atoms with Crippen LogP contribution < -0.4 is 5.32 Å². The molecule has 0 rings (SSSR count). The van der Waals surface area contributed by atoms with Crippen LogP contribution in [-0.4, -0.2) is 50.0 Å². The number of hydrogen-bond acceptors (Lipinski definition) is 4. The van der Waals surface area contributed by atoms with Gasteiger partial charge in [-0.3, -0.25) is 9.59 Å². The molecule has 0 aromatic carbocycles. The molecule has 16 heavy (non-hydrogen) atoms. The molecule has 0 bridgehead atoms. The molecule has 0 aromatic rings. The van der Waals surface area contributed by atoms with Crippen LogP contribution in [0.1, 0.15) is 19.8 Å². The van der Waals surface area contributed by atoms with Crippen molar-refractivity contribution in [3.8, 4) is 0 Å². The summed E-state index contributed by atoms with van der Waals surface area (Å²) in [5.41, 5.74) is 0. The van der Waals surface area contributed by atoms with Crippen LogP contribution in [-0.2, 0) is 19.1 Å². The zero-order chi connectivity index (χ0) is 12.2. The van der Waals surface area contributed by atoms with E-state index in [-0.39, 0.29) is 18.7 Å². The number of carbonyl (C=O) groups is 2. The van der Waals surface area contributed by atoms with Crippen LogP contribution in [0.15, 0.2) is 0 Å². The number of carbonyl (C=O) groups excluding carboxylic acids is 1. The van der Waals surface area contributed by atoms with E-state index in [0.29, 0.717) is 33.0 Å². The number of hydrogen-bond donors (Lipinski definition) is 2. The SMILES string of the molecule is CCOCCOCCNC(=O)CCC(=O)O. The summed E-state index contributed by atoms with van der Waals surface area (Å²) in [5, 5.41) is 10.9. The Kier molecular flexibility index (Phi) is 9.64. The molecule has 0 unspecified atom stereocenters. The number of aliphatic carboxylic acids is 1. The summed E-state index contributed by atoms with van der Waals surface area (Å²) < 4.78 is 10.2. The Morgan fingerprint density at radius 1 is 1.12 bits per heavy atom. The van der Waals surface area contributed by atoms with Gasteiger partial charge in [0.25, 0.3) is 0 Å². The Bertz CT molecular complexity index is 207. The molecule has 0 aliphatic heterocycles. The lowest BCUT2D eigenvalue weighted by Gasteiger charge is -2.05. The minimum absolute atomic E-state index is 0.00821. The summed E-state index contributed by atoms with van der Waals surface area (Å²) in [6.07, 6.45) is -0.134. The fourth-order valence-electron chi connectivity index (χ4n) is 0.936. The highest BCUT2D eigenvalue weighted by Gasteiger charge is 2.03. The number of amides is 1. The first-order valence-corrected chi connectivity index (χ1v) is 5.30. The predicted octanol–water partition coefficient (Wildman–Crippen LogP) is 0.0205. The maximum absolute atomic E-state index is 11.0. The summed E-state index contributed by atoms with van der Waals surface area (Å²) in [5.74, 6) is -1.24. The van der Waals surface area contributed by atoms with Gasteiger partial charge < -0.3 is 19.9 Å². The first-order valence-electron chi connectivity index (χ1n) is 5.30. The molecule has 0 aliphatic rings. The predicted molar refractivity (Wildman–Crippen MR) is 57.2 cm³/mol. The third kappa shape index (κ3) is 10.9. The van der Waals surface area contributed by atoms with E-state index in [1.807, 2.05) is 6.92 Å². The van der Waals surface area contributed by atoms with E-state index in [4.69, 9.17) is 14.6 Å². The van der Waals surface area contributed by atoms with Gasteiger partial charge in [-0.05, 0) is 6.92 Å². The first-order chi connectivity index (χ1) is 7.66. The molecule has 0 atom stereocenters. The van der Waals surface area contributed by atoms with E-state index < -0.39 is 5.97 Å². The van der Waals surface area contributed by atoms with Crippen molar-refractivity contribution in [2.24, 2.45) is 0 Å². The summed E-state index contributed by atoms with van der Waals surface area (Å²) >= 11 is 0. The molecular weight excluding hydrogens is 214 g/mol. The fourth-order valence-corrected chi connectivity index (χ4v) is 0.936. The standard InChI is InChI=1S/C10H19NO5/c1-2-15-7-8-16-6-5-11-9(12)3-4-10(13)14/h2-8H2,1H3,(H,11,12)(H,13,14). The van der Waals surface area contributed by atoms with Crippen molar-refractivity contribution in [2.75, 3.05) is 33.0 Å². The highest BCUT2D eigenvalue weighted by atomic mass is 16.5. The highest BCUT2D eigenvalue weighted by molar-refractivity contribution is 5.80. The van der Waals surface area contributed by atoms with Crippen molar-refractivity contribution in [1.29, 1.82) is 0 Å². The molecule has 6 heteroatoms. The largest absolute Gasteiger partial charge is 0.481 e. The summed E-state index contributed by atoms with van der Waals surface area (Å²) in [6, 6.07) is 0. The molecule has 0 fully saturated rings. The van der Waals surface area contributed by atoms with Gasteiger partial charge in [0.2, 0.25) is 5.91 Å². The van der Waals surface area contributed by atoms with Gasteiger partial charge in [0.1, 0.15) is 0 Å². The lowest BCUT2D eigenvalue weighted by Crippen LogP contribution is -2.27. The van der Waals surface area contributed by atoms with E-state index in [1.54, 1.807) is 0 Å². The van der Waals surface area contributed by atoms with E-state index >= 15 is 0 Å². The van der Waals surface area contributed by atoms with Crippen molar-refractivity contribution >= 4 is 11.9 Å². The fraction of sp³-hybridized carbons (Fsp3) is 0.800. The van der Waals surface area contributed by atoms with Gasteiger partial charge in [-0.25, -0.2) is 0 Å². The van der Waals surface area contributed by atoms with Crippen LogP contribution in [0.3, 0.4) is 0 Å². The van der Waals surface area contributed by atoms with Crippen molar-refractivity contribution in [3.05, 3.63) is 0 Å². The van der Waals surface area contributed by atoms with Crippen molar-refractivity contribution < 1.29 is 24.2 Å². The second-order valence-corrected chi connectivity index (χ2v) is 3.05. The minimum atomic E-state index is -0.969. The molecule has 94 valence electrons. The van der Waals surface area contributed by atoms with Gasteiger partial charge in [-0.1, -0.05) is 0 Å². The van der Waals surface area contributed by atoms with Crippen LogP contribution in [0.25, 0.3) is 0 Å². The van der Waals surface area contributed by atoms with Crippen LogP contribution >= 0.6 is 0 Å². The Labute approximate surface area is 94.9 Å². The normalized spacial score (nSPS) is 10.1. The molecule has 0 radical (unpaired) electrons. The van der Waals surface area contributed by atoms with Crippen LogP contribution in [0.2, 0.25) is 0 Å². The maximum atomic E-state index is 11.0. The Hall–Kier alpha value is -1.14. The second-order valence-electron chi connectivity index (χ2n) is 3.05. The number of carboxylic acids is 1. The molecule has 0 saturated heterocycles. The lowest BCUT2D eigenvalue weighted by atomic mass is 10.3. The number of rotatable bonds is 10. The quantitative estimate of drug-likeness (QED) is 0.520. The van der Waals surface area contributed by atoms with Gasteiger partial charge >= 0.3 is 5.97 Å². The van der Waals surface area contributed by atoms with Gasteiger partial charge in [0, 0.05) is 19.6 Å². The zero-order valence-corrected chi connectivity index (χ0v) is 9.53. The lowest BCUT2D eigenvalue weighted by molar-refractivity contribution is -0.138. The summed E-state index contributed by atoms with van der Waals surface area (Å²) in [4.78, 5) is 21.2. The molecule has 2 N–H and O–H groups in total. The smallest absolute Gasteiger partial charge is 0.303 e. The summed E-state index contributed by atoms with van der Waals surface area (Å²) in [6.45, 7) is 4.41. The van der Waals surface area contributed by atoms with Gasteiger partial charge in [-0.2, -0.15) is 0 Å². The van der Waals surface area contributed by atoms with Crippen molar-refractivity contribution in [3.63, 3.8) is 0 Å². The zero-order valence-electron chi connectivity index (χ0n) is 9.53. The van der Waals surface area contributed by atoms with Crippen LogP contribution in [0.5, 0.6) is 0 Å². The van der Waals surface area contributed by atoms with E-state index in [1.165, 1.54) is 0 Å². The van der Waals surface area contributed by atoms with Gasteiger partial charge in [0.05, 0.1) is 26.2 Å². The van der Waals surface area contributed by atoms with Gasteiger partial charge in [0.15, 0.2) is 0 Å². The molecule has 0 aromatic heterocycles. The monoisotopic (exact) mass is 233 g/mol. The topological polar surface area (TPSA) is 84.9 Å². The molecule has 0 aliphatic carbocycles. The summed E-state index contributed by atoms with van der Waals surface area (Å²) in [7, 11) is 0. The molecule has 0 saturated carbocycles. The maximum Gasteiger partial charge on any atom is 0.303 e. The molecule has 1 amide bonds. The average molecular weight is 233 g/mol. The van der Waals surface area contributed by atoms with Crippen molar-refractivity contribution in [2.45, 2.75) is 19.8 Å². The molecule has 0 heterocycles. The molecular formula is C10H19NO5. The van der Waals surface area contributed by atoms with E-state index in [9.17, 15) is 9.59 Å². The third-order valence-electron chi connectivity index (χ3n) is 1.71. The van der Waals surface area contributed by atoms with Gasteiger partial charge in [-0.15, -0.1) is 0 Å². The average Bonchev–Trinajstić information content (AvgIpc) is 2.25. The number of ether oxygens (including phenoxy) is 2. The van der Waals surface area contributed by atoms with E-state index in [0.717, 1.165) is 0 Å². The second kappa shape index (κ2) is 10.4. The Balaban J connectivity index is 3.18. The number of carboxylic acid groups (broad SMARTS) is 1. The molecule has 0 spiro atoms. The van der Waals surface area contributed by atoms with Crippen LogP contribution in [0, 0.1) is 0 Å². The highest BCUT2D eigenvalue weighted by Crippen LogP contribution is 1.87. The van der Waals surface area contributed by atoms with Crippen molar-refractivity contribution in [1.82, 2.24) is 5.32 Å².